The number of nitrogens with zero attached hydrogens (tertiary/aromatic N) is 2. The maximum atomic E-state index is 11.3. The van der Waals surface area contributed by atoms with Crippen molar-refractivity contribution < 1.29 is 13.2 Å². The highest BCUT2D eigenvalue weighted by Crippen LogP contribution is 2.29. The third kappa shape index (κ3) is 6.73. The molecular weight excluding hydrogens is 496 g/mol. The number of anilines is 2. The summed E-state index contributed by atoms with van der Waals surface area (Å²) in [7, 11) is -2.96. The third-order valence-electron chi connectivity index (χ3n) is 6.00. The molecule has 2 N–H and O–H groups in total. The SMILES string of the molecule is CS(=O)(=O)CCNCc1ccc(-c2ccc3c(Nc4ccc(Oc5ccccc5)cc4)ncnc3c2)cc1. The second-order valence-electron chi connectivity index (χ2n) is 9.02. The highest BCUT2D eigenvalue weighted by molar-refractivity contribution is 7.90. The van der Waals surface area contributed by atoms with Crippen LogP contribution in [-0.4, -0.2) is 36.9 Å². The van der Waals surface area contributed by atoms with E-state index in [1.54, 1.807) is 6.33 Å². The fourth-order valence-electron chi connectivity index (χ4n) is 4.01. The van der Waals surface area contributed by atoms with Crippen LogP contribution in [0.3, 0.4) is 0 Å². The van der Waals surface area contributed by atoms with Gasteiger partial charge in [-0.05, 0) is 65.2 Å². The molecule has 0 unspecified atom stereocenters. The van der Waals surface area contributed by atoms with Gasteiger partial charge in [-0.1, -0.05) is 48.5 Å². The van der Waals surface area contributed by atoms with Gasteiger partial charge in [0, 0.05) is 30.4 Å². The Bertz CT molecular complexity index is 1620. The van der Waals surface area contributed by atoms with Crippen LogP contribution in [0.5, 0.6) is 11.5 Å². The number of nitrogens with one attached hydrogen (secondary N) is 2. The minimum absolute atomic E-state index is 0.134. The largest absolute Gasteiger partial charge is 0.457 e. The Kier molecular flexibility index (Phi) is 7.62. The molecule has 192 valence electrons. The maximum absolute atomic E-state index is 11.3. The smallest absolute Gasteiger partial charge is 0.148 e. The molecule has 1 heterocycles. The Labute approximate surface area is 222 Å². The van der Waals surface area contributed by atoms with E-state index in [1.165, 1.54) is 6.26 Å². The Morgan fingerprint density at radius 1 is 0.789 bits per heavy atom. The van der Waals surface area contributed by atoms with Crippen LogP contribution in [0.25, 0.3) is 22.0 Å². The molecule has 0 spiro atoms. The molecule has 0 aliphatic carbocycles. The summed E-state index contributed by atoms with van der Waals surface area (Å²) < 4.78 is 28.4. The van der Waals surface area contributed by atoms with Crippen LogP contribution in [-0.2, 0) is 16.4 Å². The lowest BCUT2D eigenvalue weighted by Crippen LogP contribution is -2.21. The summed E-state index contributed by atoms with van der Waals surface area (Å²) in [4.78, 5) is 8.95. The number of fused-ring (bicyclic) bond motifs is 1. The van der Waals surface area contributed by atoms with Crippen molar-refractivity contribution >= 4 is 32.2 Å². The molecule has 0 aliphatic rings. The summed E-state index contributed by atoms with van der Waals surface area (Å²) in [6, 6.07) is 31.8. The quantitative estimate of drug-likeness (QED) is 0.218. The van der Waals surface area contributed by atoms with Crippen LogP contribution in [0.4, 0.5) is 11.5 Å². The van der Waals surface area contributed by atoms with Crippen molar-refractivity contribution in [3.63, 3.8) is 0 Å². The first-order valence-corrected chi connectivity index (χ1v) is 14.3. The van der Waals surface area contributed by atoms with Gasteiger partial charge in [-0.2, -0.15) is 0 Å². The molecule has 0 radical (unpaired) electrons. The first-order chi connectivity index (χ1) is 18.4. The average molecular weight is 525 g/mol. The minimum atomic E-state index is -2.96. The van der Waals surface area contributed by atoms with Gasteiger partial charge in [0.1, 0.15) is 33.5 Å². The van der Waals surface area contributed by atoms with Gasteiger partial charge in [0.05, 0.1) is 11.3 Å². The van der Waals surface area contributed by atoms with Crippen molar-refractivity contribution in [1.82, 2.24) is 15.3 Å². The molecule has 7 nitrogen and oxygen atoms in total. The molecule has 5 rings (SSSR count). The second-order valence-corrected chi connectivity index (χ2v) is 11.3. The zero-order chi connectivity index (χ0) is 26.4. The summed E-state index contributed by atoms with van der Waals surface area (Å²) in [6.07, 6.45) is 2.81. The van der Waals surface area contributed by atoms with Gasteiger partial charge in [0.15, 0.2) is 0 Å². The topological polar surface area (TPSA) is 93.2 Å². The minimum Gasteiger partial charge on any atom is -0.457 e. The molecule has 38 heavy (non-hydrogen) atoms. The van der Waals surface area contributed by atoms with E-state index in [0.717, 1.165) is 50.6 Å². The predicted molar refractivity (Wildman–Crippen MR) is 153 cm³/mol. The lowest BCUT2D eigenvalue weighted by molar-refractivity contribution is 0.483. The Morgan fingerprint density at radius 2 is 1.50 bits per heavy atom. The number of sulfone groups is 1. The maximum Gasteiger partial charge on any atom is 0.148 e. The van der Waals surface area contributed by atoms with Gasteiger partial charge < -0.3 is 15.4 Å². The van der Waals surface area contributed by atoms with E-state index >= 15 is 0 Å². The van der Waals surface area contributed by atoms with E-state index in [2.05, 4.69) is 44.9 Å². The van der Waals surface area contributed by atoms with Gasteiger partial charge in [-0.15, -0.1) is 0 Å². The lowest BCUT2D eigenvalue weighted by Gasteiger charge is -2.11. The van der Waals surface area contributed by atoms with Crippen LogP contribution >= 0.6 is 0 Å². The number of hydrogen-bond acceptors (Lipinski definition) is 7. The fourth-order valence-corrected chi connectivity index (χ4v) is 4.52. The molecule has 5 aromatic rings. The Morgan fingerprint density at radius 3 is 2.24 bits per heavy atom. The standard InChI is InChI=1S/C30H28N4O3S/c1-38(35,36)18-17-31-20-22-7-9-23(10-8-22)24-11-16-28-29(19-24)32-21-33-30(28)34-25-12-14-27(15-13-25)37-26-5-3-2-4-6-26/h2-16,19,21,31H,17-18,20H2,1H3,(H,32,33,34). The number of ether oxygens (including phenoxy) is 1. The summed E-state index contributed by atoms with van der Waals surface area (Å²) >= 11 is 0. The van der Waals surface area contributed by atoms with Crippen LogP contribution in [0.15, 0.2) is 103 Å². The molecule has 8 heteroatoms. The summed E-state index contributed by atoms with van der Waals surface area (Å²) in [5.74, 6) is 2.42. The van der Waals surface area contributed by atoms with Crippen LogP contribution in [0.1, 0.15) is 5.56 Å². The second kappa shape index (κ2) is 11.4. The molecule has 0 amide bonds. The van der Waals surface area contributed by atoms with Crippen LogP contribution in [0.2, 0.25) is 0 Å². The summed E-state index contributed by atoms with van der Waals surface area (Å²) in [6.45, 7) is 1.06. The van der Waals surface area contributed by atoms with Crippen molar-refractivity contribution in [1.29, 1.82) is 0 Å². The van der Waals surface area contributed by atoms with E-state index in [0.29, 0.717) is 13.1 Å². The first-order valence-electron chi connectivity index (χ1n) is 12.3. The van der Waals surface area contributed by atoms with Crippen LogP contribution < -0.4 is 15.4 Å². The molecule has 0 saturated carbocycles. The molecular formula is C30H28N4O3S. The van der Waals surface area contributed by atoms with Crippen molar-refractivity contribution in [3.8, 4) is 22.6 Å². The highest BCUT2D eigenvalue weighted by atomic mass is 32.2. The van der Waals surface area contributed by atoms with E-state index in [1.807, 2.05) is 72.8 Å². The van der Waals surface area contributed by atoms with Crippen molar-refractivity contribution in [3.05, 3.63) is 109 Å². The molecule has 4 aromatic carbocycles. The third-order valence-corrected chi connectivity index (χ3v) is 6.94. The molecule has 0 saturated heterocycles. The Balaban J connectivity index is 1.26. The number of rotatable bonds is 10. The predicted octanol–water partition coefficient (Wildman–Crippen LogP) is 5.97. The van der Waals surface area contributed by atoms with Gasteiger partial charge in [-0.25, -0.2) is 18.4 Å². The normalized spacial score (nSPS) is 11.4. The number of hydrogen-bond donors (Lipinski definition) is 2. The zero-order valence-corrected chi connectivity index (χ0v) is 21.8. The van der Waals surface area contributed by atoms with E-state index in [9.17, 15) is 8.42 Å². The summed E-state index contributed by atoms with van der Waals surface area (Å²) in [5, 5.41) is 7.48. The van der Waals surface area contributed by atoms with Gasteiger partial charge in [0.25, 0.3) is 0 Å². The van der Waals surface area contributed by atoms with Gasteiger partial charge >= 0.3 is 0 Å². The average Bonchev–Trinajstić information content (AvgIpc) is 2.92. The summed E-state index contributed by atoms with van der Waals surface area (Å²) in [5.41, 5.74) is 4.97. The molecule has 0 fully saturated rings. The van der Waals surface area contributed by atoms with E-state index in [4.69, 9.17) is 4.74 Å². The van der Waals surface area contributed by atoms with Gasteiger partial charge in [-0.3, -0.25) is 0 Å². The van der Waals surface area contributed by atoms with Crippen LogP contribution in [0, 0.1) is 0 Å². The lowest BCUT2D eigenvalue weighted by atomic mass is 10.0. The molecule has 0 atom stereocenters. The number of benzene rings is 4. The van der Waals surface area contributed by atoms with E-state index < -0.39 is 9.84 Å². The van der Waals surface area contributed by atoms with Crippen molar-refractivity contribution in [2.24, 2.45) is 0 Å². The number of aromatic nitrogens is 2. The first kappa shape index (κ1) is 25.4. The molecule has 0 aliphatic heterocycles. The molecule has 1 aromatic heterocycles. The van der Waals surface area contributed by atoms with E-state index in [-0.39, 0.29) is 5.75 Å². The fraction of sp³-hybridized carbons (Fsp3) is 0.133. The van der Waals surface area contributed by atoms with Gasteiger partial charge in [0.2, 0.25) is 0 Å². The van der Waals surface area contributed by atoms with Crippen molar-refractivity contribution in [2.45, 2.75) is 6.54 Å². The monoisotopic (exact) mass is 524 g/mol. The zero-order valence-electron chi connectivity index (χ0n) is 21.0. The van der Waals surface area contributed by atoms with Crippen molar-refractivity contribution in [2.75, 3.05) is 23.9 Å². The molecule has 0 bridgehead atoms. The highest BCUT2D eigenvalue weighted by Gasteiger charge is 2.08. The number of para-hydroxylation sites is 1. The Hall–Kier alpha value is -4.27.